The lowest BCUT2D eigenvalue weighted by atomic mass is 10.2. The molecule has 120 valence electrons. The first-order chi connectivity index (χ1) is 10.6. The molecule has 0 aliphatic rings. The van der Waals surface area contributed by atoms with Crippen molar-refractivity contribution >= 4 is 25.5 Å². The summed E-state index contributed by atoms with van der Waals surface area (Å²) in [4.78, 5) is -0.816. The predicted octanol–water partition coefficient (Wildman–Crippen LogP) is 1.90. The highest BCUT2D eigenvalue weighted by atomic mass is 32.2. The van der Waals surface area contributed by atoms with Crippen LogP contribution in [0.25, 0.3) is 0 Å². The molecule has 2 aromatic carbocycles. The zero-order valence-corrected chi connectivity index (χ0v) is 13.4. The van der Waals surface area contributed by atoms with Gasteiger partial charge in [-0.3, -0.25) is 4.72 Å². The van der Waals surface area contributed by atoms with Gasteiger partial charge in [-0.2, -0.15) is 5.26 Å². The maximum atomic E-state index is 13.1. The van der Waals surface area contributed by atoms with Crippen LogP contribution < -0.4 is 4.72 Å². The maximum Gasteiger partial charge on any atom is 0.263 e. The van der Waals surface area contributed by atoms with Gasteiger partial charge in [-0.05, 0) is 30.3 Å². The first-order valence-corrected chi connectivity index (χ1v) is 9.54. The Balaban J connectivity index is 2.56. The molecule has 0 aromatic heterocycles. The molecule has 0 atom stereocenters. The summed E-state index contributed by atoms with van der Waals surface area (Å²) in [5, 5.41) is 8.95. The van der Waals surface area contributed by atoms with E-state index in [1.807, 2.05) is 0 Å². The third kappa shape index (κ3) is 3.67. The van der Waals surface area contributed by atoms with Gasteiger partial charge in [0.15, 0.2) is 9.84 Å². The lowest BCUT2D eigenvalue weighted by Gasteiger charge is -2.12. The molecule has 9 heteroatoms. The SMILES string of the molecule is CS(=O)(=O)c1ccccc1S(=O)(=O)Nc1ccc(F)cc1C#N. The van der Waals surface area contributed by atoms with Crippen molar-refractivity contribution in [3.05, 3.63) is 53.8 Å². The van der Waals surface area contributed by atoms with E-state index in [0.717, 1.165) is 30.5 Å². The molecule has 0 bridgehead atoms. The van der Waals surface area contributed by atoms with Crippen LogP contribution in [0.1, 0.15) is 5.56 Å². The molecule has 0 fully saturated rings. The Hall–Kier alpha value is -2.44. The molecule has 0 saturated heterocycles. The zero-order valence-electron chi connectivity index (χ0n) is 11.8. The molecular weight excluding hydrogens is 343 g/mol. The third-order valence-corrected chi connectivity index (χ3v) is 5.59. The van der Waals surface area contributed by atoms with Gasteiger partial charge in [-0.1, -0.05) is 12.1 Å². The average Bonchev–Trinajstić information content (AvgIpc) is 2.48. The van der Waals surface area contributed by atoms with Crippen LogP contribution in [-0.2, 0) is 19.9 Å². The normalized spacial score (nSPS) is 11.7. The highest BCUT2D eigenvalue weighted by molar-refractivity contribution is 7.95. The molecule has 0 spiro atoms. The quantitative estimate of drug-likeness (QED) is 0.903. The third-order valence-electron chi connectivity index (χ3n) is 2.88. The largest absolute Gasteiger partial charge is 0.278 e. The minimum Gasteiger partial charge on any atom is -0.278 e. The van der Waals surface area contributed by atoms with E-state index >= 15 is 0 Å². The van der Waals surface area contributed by atoms with Crippen molar-refractivity contribution < 1.29 is 21.2 Å². The topological polar surface area (TPSA) is 104 Å². The van der Waals surface area contributed by atoms with Crippen molar-refractivity contribution in [2.24, 2.45) is 0 Å². The molecule has 0 heterocycles. The Morgan fingerprint density at radius 2 is 1.65 bits per heavy atom. The molecule has 0 unspecified atom stereocenters. The van der Waals surface area contributed by atoms with E-state index in [1.165, 1.54) is 18.2 Å². The van der Waals surface area contributed by atoms with Gasteiger partial charge in [0.25, 0.3) is 10.0 Å². The number of nitrogens with one attached hydrogen (secondary N) is 1. The van der Waals surface area contributed by atoms with Gasteiger partial charge in [-0.25, -0.2) is 21.2 Å². The van der Waals surface area contributed by atoms with Gasteiger partial charge < -0.3 is 0 Å². The summed E-state index contributed by atoms with van der Waals surface area (Å²) in [7, 11) is -8.05. The number of sulfone groups is 1. The Bertz CT molecular complexity index is 1010. The fourth-order valence-electron chi connectivity index (χ4n) is 1.88. The van der Waals surface area contributed by atoms with Crippen molar-refractivity contribution in [2.75, 3.05) is 11.0 Å². The van der Waals surface area contributed by atoms with Crippen LogP contribution in [0.2, 0.25) is 0 Å². The highest BCUT2D eigenvalue weighted by Gasteiger charge is 2.24. The summed E-state index contributed by atoms with van der Waals surface area (Å²) < 4.78 is 63.6. The van der Waals surface area contributed by atoms with E-state index in [0.29, 0.717) is 0 Å². The summed E-state index contributed by atoms with van der Waals surface area (Å²) in [6, 6.07) is 9.70. The first-order valence-electron chi connectivity index (χ1n) is 6.17. The van der Waals surface area contributed by atoms with Gasteiger partial charge in [0.1, 0.15) is 16.8 Å². The van der Waals surface area contributed by atoms with E-state index < -0.39 is 30.6 Å². The van der Waals surface area contributed by atoms with Crippen molar-refractivity contribution in [3.63, 3.8) is 0 Å². The molecule has 0 aliphatic carbocycles. The van der Waals surface area contributed by atoms with Crippen molar-refractivity contribution in [3.8, 4) is 6.07 Å². The summed E-state index contributed by atoms with van der Waals surface area (Å²) in [6.07, 6.45) is 0.889. The number of rotatable bonds is 4. The fraction of sp³-hybridized carbons (Fsp3) is 0.0714. The van der Waals surface area contributed by atoms with Gasteiger partial charge in [-0.15, -0.1) is 0 Å². The monoisotopic (exact) mass is 354 g/mol. The zero-order chi connectivity index (χ0) is 17.3. The second kappa shape index (κ2) is 5.98. The van der Waals surface area contributed by atoms with Crippen molar-refractivity contribution in [1.82, 2.24) is 0 Å². The number of halogens is 1. The molecule has 0 radical (unpaired) electrons. The molecule has 0 aliphatic heterocycles. The van der Waals surface area contributed by atoms with Crippen LogP contribution in [0.3, 0.4) is 0 Å². The number of hydrogen-bond donors (Lipinski definition) is 1. The number of anilines is 1. The molecular formula is C14H11FN2O4S2. The maximum absolute atomic E-state index is 13.1. The van der Waals surface area contributed by atoms with Crippen LogP contribution >= 0.6 is 0 Å². The van der Waals surface area contributed by atoms with Crippen LogP contribution in [0, 0.1) is 17.1 Å². The lowest BCUT2D eigenvalue weighted by Crippen LogP contribution is -2.17. The Morgan fingerprint density at radius 3 is 2.22 bits per heavy atom. The second-order valence-corrected chi connectivity index (χ2v) is 8.26. The van der Waals surface area contributed by atoms with Crippen LogP contribution in [0.15, 0.2) is 52.3 Å². The summed E-state index contributed by atoms with van der Waals surface area (Å²) in [5.41, 5.74) is -0.359. The number of benzene rings is 2. The standard InChI is InChI=1S/C14H11FN2O4S2/c1-22(18,19)13-4-2-3-5-14(13)23(20,21)17-12-7-6-11(15)8-10(12)9-16/h2-8,17H,1H3. The number of hydrogen-bond acceptors (Lipinski definition) is 5. The molecule has 0 saturated carbocycles. The minimum absolute atomic E-state index is 0.141. The number of nitriles is 1. The molecule has 2 rings (SSSR count). The summed E-state index contributed by atoms with van der Waals surface area (Å²) >= 11 is 0. The van der Waals surface area contributed by atoms with Gasteiger partial charge in [0.2, 0.25) is 0 Å². The average molecular weight is 354 g/mol. The smallest absolute Gasteiger partial charge is 0.263 e. The molecule has 2 aromatic rings. The number of nitrogens with zero attached hydrogens (tertiary/aromatic N) is 1. The van der Waals surface area contributed by atoms with E-state index in [9.17, 15) is 21.2 Å². The Morgan fingerprint density at radius 1 is 1.04 bits per heavy atom. The molecule has 1 N–H and O–H groups in total. The van der Waals surface area contributed by atoms with Crippen molar-refractivity contribution in [1.29, 1.82) is 5.26 Å². The summed E-state index contributed by atoms with van der Waals surface area (Å²) in [5.74, 6) is -0.693. The van der Waals surface area contributed by atoms with Crippen LogP contribution in [-0.4, -0.2) is 23.1 Å². The van der Waals surface area contributed by atoms with Gasteiger partial charge in [0.05, 0.1) is 16.1 Å². The van der Waals surface area contributed by atoms with Crippen LogP contribution in [0.4, 0.5) is 10.1 Å². The van der Waals surface area contributed by atoms with Gasteiger partial charge in [0, 0.05) is 6.26 Å². The second-order valence-electron chi connectivity index (χ2n) is 4.63. The van der Waals surface area contributed by atoms with E-state index in [1.54, 1.807) is 6.07 Å². The van der Waals surface area contributed by atoms with E-state index in [4.69, 9.17) is 5.26 Å². The fourth-order valence-corrected chi connectivity index (χ4v) is 4.59. The molecule has 23 heavy (non-hydrogen) atoms. The minimum atomic E-state index is -4.28. The lowest BCUT2D eigenvalue weighted by molar-refractivity contribution is 0.588. The highest BCUT2D eigenvalue weighted by Crippen LogP contribution is 2.25. The number of sulfonamides is 1. The van der Waals surface area contributed by atoms with Crippen molar-refractivity contribution in [2.45, 2.75) is 9.79 Å². The predicted molar refractivity (Wildman–Crippen MR) is 81.5 cm³/mol. The van der Waals surface area contributed by atoms with Crippen LogP contribution in [0.5, 0.6) is 0 Å². The molecule has 6 nitrogen and oxygen atoms in total. The Kier molecular flexibility index (Phi) is 4.40. The first kappa shape index (κ1) is 16.9. The van der Waals surface area contributed by atoms with E-state index in [2.05, 4.69) is 4.72 Å². The summed E-state index contributed by atoms with van der Waals surface area (Å²) in [6.45, 7) is 0. The van der Waals surface area contributed by atoms with E-state index in [-0.39, 0.29) is 16.1 Å². The van der Waals surface area contributed by atoms with Gasteiger partial charge >= 0.3 is 0 Å². The Labute approximate surface area is 133 Å². The molecule has 0 amide bonds.